The van der Waals surface area contributed by atoms with E-state index in [-0.39, 0.29) is 35.5 Å². The van der Waals surface area contributed by atoms with Crippen LogP contribution >= 0.6 is 0 Å². The molecule has 0 radical (unpaired) electrons. The van der Waals surface area contributed by atoms with Crippen LogP contribution in [0.4, 0.5) is 0 Å². The summed E-state index contributed by atoms with van der Waals surface area (Å²) in [5.41, 5.74) is 2.57. The van der Waals surface area contributed by atoms with Gasteiger partial charge in [0.25, 0.3) is 0 Å². The summed E-state index contributed by atoms with van der Waals surface area (Å²) in [7, 11) is 6.03. The molecule has 0 spiro atoms. The van der Waals surface area contributed by atoms with Gasteiger partial charge in [0.05, 0.1) is 53.9 Å². The fourth-order valence-electron chi connectivity index (χ4n) is 5.15. The summed E-state index contributed by atoms with van der Waals surface area (Å²) in [6, 6.07) is 7.22. The minimum absolute atomic E-state index is 0.0231. The second kappa shape index (κ2) is 13.3. The summed E-state index contributed by atoms with van der Waals surface area (Å²) in [5, 5.41) is 0. The molecule has 42 heavy (non-hydrogen) atoms. The second-order valence-electron chi connectivity index (χ2n) is 10.1. The predicted molar refractivity (Wildman–Crippen MR) is 154 cm³/mol. The Kier molecular flexibility index (Phi) is 9.80. The molecule has 226 valence electrons. The summed E-state index contributed by atoms with van der Waals surface area (Å²) in [4.78, 5) is 24.9. The van der Waals surface area contributed by atoms with E-state index in [1.54, 1.807) is 64.1 Å². The van der Waals surface area contributed by atoms with Crippen LogP contribution in [0.2, 0.25) is 0 Å². The van der Waals surface area contributed by atoms with E-state index >= 15 is 0 Å². The molecule has 0 amide bonds. The average molecular weight is 583 g/mol. The van der Waals surface area contributed by atoms with Gasteiger partial charge in [0.1, 0.15) is 0 Å². The number of carbonyl (C=O) groups excluding carboxylic acids is 2. The molecule has 10 heteroatoms. The van der Waals surface area contributed by atoms with E-state index < -0.39 is 11.9 Å². The summed E-state index contributed by atoms with van der Waals surface area (Å²) in [5.74, 6) is 0.904. The Hall–Kier alpha value is -4.02. The number of benzene rings is 2. The van der Waals surface area contributed by atoms with Crippen molar-refractivity contribution in [3.8, 4) is 34.5 Å². The lowest BCUT2D eigenvalue weighted by Crippen LogP contribution is -2.16. The first-order chi connectivity index (χ1) is 20.2. The zero-order valence-electron chi connectivity index (χ0n) is 25.3. The number of rotatable bonds is 10. The van der Waals surface area contributed by atoms with Crippen LogP contribution in [-0.4, -0.2) is 53.6 Å². The Morgan fingerprint density at radius 2 is 0.952 bits per heavy atom. The van der Waals surface area contributed by atoms with Crippen molar-refractivity contribution in [2.75, 3.05) is 41.7 Å². The maximum atomic E-state index is 12.5. The molecule has 0 N–H and O–H groups in total. The highest BCUT2D eigenvalue weighted by atomic mass is 16.6. The maximum Gasteiger partial charge on any atom is 0.339 e. The van der Waals surface area contributed by atoms with Crippen LogP contribution in [-0.2, 0) is 19.1 Å². The molecule has 2 fully saturated rings. The molecule has 2 saturated heterocycles. The summed E-state index contributed by atoms with van der Waals surface area (Å²) >= 11 is 0. The number of methoxy groups -OCH3 is 4. The van der Waals surface area contributed by atoms with Gasteiger partial charge in [-0.25, -0.2) is 9.59 Å². The third-order valence-corrected chi connectivity index (χ3v) is 7.79. The molecule has 2 aromatic rings. The normalized spacial score (nSPS) is 21.9. The van der Waals surface area contributed by atoms with Gasteiger partial charge >= 0.3 is 11.9 Å². The first-order valence-corrected chi connectivity index (χ1v) is 13.7. The van der Waals surface area contributed by atoms with Gasteiger partial charge in [0, 0.05) is 23.0 Å². The number of esters is 2. The van der Waals surface area contributed by atoms with E-state index in [2.05, 4.69) is 0 Å². The van der Waals surface area contributed by atoms with Crippen molar-refractivity contribution in [3.05, 3.63) is 58.7 Å². The van der Waals surface area contributed by atoms with Crippen LogP contribution in [0, 0.1) is 11.8 Å². The van der Waals surface area contributed by atoms with Crippen LogP contribution < -0.4 is 28.4 Å². The Bertz CT molecular complexity index is 1240. The third kappa shape index (κ3) is 5.96. The maximum absolute atomic E-state index is 12.5. The van der Waals surface area contributed by atoms with Crippen molar-refractivity contribution >= 4 is 11.9 Å². The molecule has 2 heterocycles. The van der Waals surface area contributed by atoms with Gasteiger partial charge < -0.3 is 37.9 Å². The van der Waals surface area contributed by atoms with Crippen molar-refractivity contribution < 1.29 is 47.5 Å². The van der Waals surface area contributed by atoms with Gasteiger partial charge in [0.15, 0.2) is 23.0 Å². The van der Waals surface area contributed by atoms with Crippen LogP contribution in [0.3, 0.4) is 0 Å². The van der Waals surface area contributed by atoms with Gasteiger partial charge in [-0.2, -0.15) is 0 Å². The molecule has 4 atom stereocenters. The Balaban J connectivity index is 1.62. The monoisotopic (exact) mass is 582 g/mol. The van der Waals surface area contributed by atoms with Gasteiger partial charge in [0.2, 0.25) is 11.5 Å². The lowest BCUT2D eigenvalue weighted by Gasteiger charge is -2.21. The lowest BCUT2D eigenvalue weighted by molar-refractivity contribution is -0.131. The minimum atomic E-state index is -0.491. The Labute approximate surface area is 246 Å². The fourth-order valence-corrected chi connectivity index (χ4v) is 5.15. The van der Waals surface area contributed by atoms with Crippen LogP contribution in [0.25, 0.3) is 0 Å². The van der Waals surface area contributed by atoms with Crippen molar-refractivity contribution in [1.82, 2.24) is 0 Å². The number of carbonyl (C=O) groups is 2. The van der Waals surface area contributed by atoms with Gasteiger partial charge in [-0.15, -0.1) is 0 Å². The highest BCUT2D eigenvalue weighted by molar-refractivity contribution is 5.90. The molecule has 0 saturated carbocycles. The van der Waals surface area contributed by atoms with E-state index in [0.717, 1.165) is 11.1 Å². The molecule has 0 bridgehead atoms. The average Bonchev–Trinajstić information content (AvgIpc) is 3.62. The van der Waals surface area contributed by atoms with Gasteiger partial charge in [-0.05, 0) is 63.1 Å². The molecule has 4 rings (SSSR count). The molecule has 2 aromatic carbocycles. The largest absolute Gasteiger partial charge is 0.493 e. The Morgan fingerprint density at radius 1 is 0.643 bits per heavy atom. The number of allylic oxidation sites excluding steroid dienone is 2. The van der Waals surface area contributed by atoms with Crippen molar-refractivity contribution in [3.63, 3.8) is 0 Å². The summed E-state index contributed by atoms with van der Waals surface area (Å²) in [6.45, 7) is 7.78. The van der Waals surface area contributed by atoms with E-state index in [1.165, 1.54) is 28.4 Å². The summed E-state index contributed by atoms with van der Waals surface area (Å²) < 4.78 is 46.2. The predicted octanol–water partition coefficient (Wildman–Crippen LogP) is 5.54. The molecular weight excluding hydrogens is 544 g/mol. The molecule has 2 aliphatic heterocycles. The van der Waals surface area contributed by atoms with E-state index in [0.29, 0.717) is 47.4 Å². The molecule has 0 aromatic heterocycles. The molecule has 0 aliphatic carbocycles. The zero-order valence-corrected chi connectivity index (χ0v) is 25.3. The summed E-state index contributed by atoms with van der Waals surface area (Å²) in [6.07, 6.45) is 2.74. The van der Waals surface area contributed by atoms with Crippen molar-refractivity contribution in [1.29, 1.82) is 0 Å². The highest BCUT2D eigenvalue weighted by Crippen LogP contribution is 2.53. The van der Waals surface area contributed by atoms with Crippen LogP contribution in [0.15, 0.2) is 47.6 Å². The smallest absolute Gasteiger partial charge is 0.339 e. The van der Waals surface area contributed by atoms with Crippen LogP contribution in [0.5, 0.6) is 34.5 Å². The van der Waals surface area contributed by atoms with E-state index in [1.807, 2.05) is 0 Å². The second-order valence-corrected chi connectivity index (χ2v) is 10.1. The van der Waals surface area contributed by atoms with Crippen molar-refractivity contribution in [2.45, 2.75) is 39.9 Å². The fraction of sp³-hybridized carbons (Fsp3) is 0.438. The highest BCUT2D eigenvalue weighted by Gasteiger charge is 2.49. The van der Waals surface area contributed by atoms with E-state index in [9.17, 15) is 9.59 Å². The molecule has 2 aliphatic rings. The van der Waals surface area contributed by atoms with E-state index in [4.69, 9.17) is 37.9 Å². The third-order valence-electron chi connectivity index (χ3n) is 7.79. The Morgan fingerprint density at radius 3 is 1.21 bits per heavy atom. The lowest BCUT2D eigenvalue weighted by atomic mass is 9.84. The first kappa shape index (κ1) is 30.9. The molecular formula is C32H38O10. The van der Waals surface area contributed by atoms with Gasteiger partial charge in [-0.3, -0.25) is 0 Å². The SMILES string of the molecule is CC=C(C)C(=O)Oc1c(OC)cc(C2OCC3C(c4cc(OC)c(OC(=O)C(C)=CC)c(OC)c4)OCC23)cc1OC. The van der Waals surface area contributed by atoms with Crippen LogP contribution in [0.1, 0.15) is 51.0 Å². The molecule has 10 nitrogen and oxygen atoms in total. The zero-order chi connectivity index (χ0) is 30.6. The van der Waals surface area contributed by atoms with Gasteiger partial charge in [-0.1, -0.05) is 12.2 Å². The number of fused-ring (bicyclic) bond motifs is 1. The quantitative estimate of drug-likeness (QED) is 0.201. The minimum Gasteiger partial charge on any atom is -0.493 e. The molecule has 4 unspecified atom stereocenters. The number of ether oxygens (including phenoxy) is 8. The first-order valence-electron chi connectivity index (χ1n) is 13.7. The topological polar surface area (TPSA) is 108 Å². The van der Waals surface area contributed by atoms with Crippen molar-refractivity contribution in [2.24, 2.45) is 11.8 Å². The number of hydrogen-bond acceptors (Lipinski definition) is 10. The standard InChI is InChI=1S/C32H38O10/c1-9-17(3)31(33)41-29-23(35-5)11-19(12-24(29)36-6)27-21-15-40-28(22(21)16-39-27)20-13-25(37-7)30(26(14-20)38-8)42-32(34)18(4)10-2/h9-14,21-22,27-28H,15-16H2,1-8H3. The number of hydrogen-bond donors (Lipinski definition) is 0.